The first-order valence-corrected chi connectivity index (χ1v) is 7.10. The van der Waals surface area contributed by atoms with E-state index >= 15 is 0 Å². The lowest BCUT2D eigenvalue weighted by molar-refractivity contribution is -0.133. The number of nitrogens with zero attached hydrogens (tertiary/aromatic N) is 2. The topological polar surface area (TPSA) is 40.6 Å². The largest absolute Gasteiger partial charge is 0.349 e. The van der Waals surface area contributed by atoms with Crippen LogP contribution in [0.15, 0.2) is 0 Å². The van der Waals surface area contributed by atoms with E-state index in [2.05, 4.69) is 0 Å². The van der Waals surface area contributed by atoms with Gasteiger partial charge in [0.25, 0.3) is 0 Å². The van der Waals surface area contributed by atoms with Crippen LogP contribution in [0.2, 0.25) is 0 Å². The van der Waals surface area contributed by atoms with Crippen molar-refractivity contribution in [2.75, 3.05) is 20.6 Å². The molecule has 1 aliphatic heterocycles. The van der Waals surface area contributed by atoms with Gasteiger partial charge in [0.15, 0.2) is 0 Å². The lowest BCUT2D eigenvalue weighted by atomic mass is 10.1. The lowest BCUT2D eigenvalue weighted by Crippen LogP contribution is -2.37. The van der Waals surface area contributed by atoms with Crippen molar-refractivity contribution < 1.29 is 9.59 Å². The molecule has 18 heavy (non-hydrogen) atoms. The normalized spacial score (nSPS) is 26.2. The van der Waals surface area contributed by atoms with Crippen molar-refractivity contribution in [1.29, 1.82) is 0 Å². The van der Waals surface area contributed by atoms with Crippen molar-refractivity contribution >= 4 is 11.8 Å². The number of hydrogen-bond acceptors (Lipinski definition) is 2. The second kappa shape index (κ2) is 5.72. The molecule has 2 fully saturated rings. The van der Waals surface area contributed by atoms with Crippen LogP contribution in [0.1, 0.15) is 44.9 Å². The molecule has 0 aromatic carbocycles. The van der Waals surface area contributed by atoms with E-state index in [1.54, 1.807) is 19.0 Å². The van der Waals surface area contributed by atoms with Gasteiger partial charge in [0.1, 0.15) is 0 Å². The van der Waals surface area contributed by atoms with Gasteiger partial charge in [-0.15, -0.1) is 0 Å². The zero-order valence-corrected chi connectivity index (χ0v) is 11.5. The molecule has 2 amide bonds. The molecular weight excluding hydrogens is 228 g/mol. The molecule has 1 saturated heterocycles. The van der Waals surface area contributed by atoms with Gasteiger partial charge in [-0.2, -0.15) is 0 Å². The summed E-state index contributed by atoms with van der Waals surface area (Å²) in [6.45, 7) is 0.639. The molecule has 1 heterocycles. The standard InChI is InChI=1S/C14H24N2O2/c1-15(2)14(18)11-9-13(17)16(10-11)12-7-5-3-4-6-8-12/h11-12H,3-10H2,1-2H3/t11-/m1/s1. The van der Waals surface area contributed by atoms with Crippen molar-refractivity contribution in [3.8, 4) is 0 Å². The highest BCUT2D eigenvalue weighted by molar-refractivity contribution is 5.89. The monoisotopic (exact) mass is 252 g/mol. The third kappa shape index (κ3) is 2.85. The summed E-state index contributed by atoms with van der Waals surface area (Å²) in [5, 5.41) is 0. The van der Waals surface area contributed by atoms with Gasteiger partial charge in [-0.05, 0) is 12.8 Å². The van der Waals surface area contributed by atoms with E-state index in [0.29, 0.717) is 19.0 Å². The fourth-order valence-corrected chi connectivity index (χ4v) is 3.18. The minimum atomic E-state index is -0.115. The van der Waals surface area contributed by atoms with Crippen molar-refractivity contribution in [2.45, 2.75) is 51.0 Å². The fourth-order valence-electron chi connectivity index (χ4n) is 3.18. The minimum absolute atomic E-state index is 0.0967. The van der Waals surface area contributed by atoms with E-state index < -0.39 is 0 Å². The third-order valence-electron chi connectivity index (χ3n) is 4.21. The zero-order valence-electron chi connectivity index (χ0n) is 11.5. The molecule has 2 rings (SSSR count). The van der Waals surface area contributed by atoms with Gasteiger partial charge in [-0.3, -0.25) is 9.59 Å². The maximum atomic E-state index is 12.1. The molecule has 4 nitrogen and oxygen atoms in total. The predicted octanol–water partition coefficient (Wildman–Crippen LogP) is 1.65. The summed E-state index contributed by atoms with van der Waals surface area (Å²) in [5.74, 6) is 0.164. The Balaban J connectivity index is 1.97. The number of carbonyl (C=O) groups excluding carboxylic acids is 2. The third-order valence-corrected chi connectivity index (χ3v) is 4.21. The first kappa shape index (κ1) is 13.4. The van der Waals surface area contributed by atoms with Crippen LogP contribution in [0.3, 0.4) is 0 Å². The molecule has 0 unspecified atom stereocenters. The fraction of sp³-hybridized carbons (Fsp3) is 0.857. The Morgan fingerprint density at radius 1 is 1.17 bits per heavy atom. The second-order valence-electron chi connectivity index (χ2n) is 5.83. The molecule has 102 valence electrons. The van der Waals surface area contributed by atoms with Gasteiger partial charge in [-0.25, -0.2) is 0 Å². The number of amides is 2. The molecule has 0 radical (unpaired) electrons. The Morgan fingerprint density at radius 2 is 1.78 bits per heavy atom. The highest BCUT2D eigenvalue weighted by Gasteiger charge is 2.38. The number of likely N-dealkylation sites (tertiary alicyclic amines) is 1. The first-order chi connectivity index (χ1) is 8.59. The molecule has 0 N–H and O–H groups in total. The molecule has 4 heteroatoms. The van der Waals surface area contributed by atoms with E-state index in [4.69, 9.17) is 0 Å². The van der Waals surface area contributed by atoms with Gasteiger partial charge >= 0.3 is 0 Å². The number of rotatable bonds is 2. The van der Waals surface area contributed by atoms with Crippen LogP contribution in [0.25, 0.3) is 0 Å². The van der Waals surface area contributed by atoms with Crippen LogP contribution in [-0.4, -0.2) is 48.3 Å². The van der Waals surface area contributed by atoms with E-state index in [1.165, 1.54) is 25.7 Å². The van der Waals surface area contributed by atoms with Crippen LogP contribution < -0.4 is 0 Å². The number of hydrogen-bond donors (Lipinski definition) is 0. The summed E-state index contributed by atoms with van der Waals surface area (Å²) in [6.07, 6.45) is 7.68. The average Bonchev–Trinajstić information content (AvgIpc) is 2.56. The van der Waals surface area contributed by atoms with Crippen LogP contribution in [0.5, 0.6) is 0 Å². The smallest absolute Gasteiger partial charge is 0.227 e. The van der Waals surface area contributed by atoms with Gasteiger partial charge in [0.05, 0.1) is 5.92 Å². The van der Waals surface area contributed by atoms with Crippen molar-refractivity contribution in [1.82, 2.24) is 9.80 Å². The van der Waals surface area contributed by atoms with Gasteiger partial charge in [0, 0.05) is 33.1 Å². The summed E-state index contributed by atoms with van der Waals surface area (Å²) in [7, 11) is 3.53. The zero-order chi connectivity index (χ0) is 13.1. The van der Waals surface area contributed by atoms with E-state index in [1.807, 2.05) is 4.90 Å². The molecule has 0 spiro atoms. The second-order valence-corrected chi connectivity index (χ2v) is 5.83. The quantitative estimate of drug-likeness (QED) is 0.701. The highest BCUT2D eigenvalue weighted by Crippen LogP contribution is 2.28. The van der Waals surface area contributed by atoms with Gasteiger partial charge in [0.2, 0.25) is 11.8 Å². The average molecular weight is 252 g/mol. The Hall–Kier alpha value is -1.06. The van der Waals surface area contributed by atoms with Crippen LogP contribution >= 0.6 is 0 Å². The highest BCUT2D eigenvalue weighted by atomic mass is 16.2. The predicted molar refractivity (Wildman–Crippen MR) is 70.0 cm³/mol. The van der Waals surface area contributed by atoms with Gasteiger partial charge in [-0.1, -0.05) is 25.7 Å². The maximum absolute atomic E-state index is 12.1. The van der Waals surface area contributed by atoms with E-state index in [9.17, 15) is 9.59 Å². The van der Waals surface area contributed by atoms with Crippen molar-refractivity contribution in [3.63, 3.8) is 0 Å². The Kier molecular flexibility index (Phi) is 4.25. The van der Waals surface area contributed by atoms with Crippen molar-refractivity contribution in [3.05, 3.63) is 0 Å². The molecule has 1 aliphatic carbocycles. The van der Waals surface area contributed by atoms with Crippen molar-refractivity contribution in [2.24, 2.45) is 5.92 Å². The summed E-state index contributed by atoms with van der Waals surface area (Å²) in [6, 6.07) is 0.389. The van der Waals surface area contributed by atoms with Gasteiger partial charge < -0.3 is 9.80 Å². The van der Waals surface area contributed by atoms with E-state index in [0.717, 1.165) is 12.8 Å². The first-order valence-electron chi connectivity index (χ1n) is 7.10. The minimum Gasteiger partial charge on any atom is -0.349 e. The number of carbonyl (C=O) groups is 2. The van der Waals surface area contributed by atoms with Crippen LogP contribution in [-0.2, 0) is 9.59 Å². The molecule has 1 saturated carbocycles. The molecule has 1 atom stereocenters. The molecule has 0 aromatic rings. The summed E-state index contributed by atoms with van der Waals surface area (Å²) in [4.78, 5) is 27.6. The maximum Gasteiger partial charge on any atom is 0.227 e. The Bertz CT molecular complexity index is 320. The Morgan fingerprint density at radius 3 is 2.33 bits per heavy atom. The van der Waals surface area contributed by atoms with Crippen LogP contribution in [0, 0.1) is 5.92 Å². The summed E-state index contributed by atoms with van der Waals surface area (Å²) >= 11 is 0. The lowest BCUT2D eigenvalue weighted by Gasteiger charge is -2.27. The van der Waals surface area contributed by atoms with Crippen LogP contribution in [0.4, 0.5) is 0 Å². The molecule has 0 bridgehead atoms. The Labute approximate surface area is 109 Å². The molecule has 0 aromatic heterocycles. The molecule has 2 aliphatic rings. The molecular formula is C14H24N2O2. The summed E-state index contributed by atoms with van der Waals surface area (Å²) in [5.41, 5.74) is 0. The SMILES string of the molecule is CN(C)C(=O)[C@@H]1CC(=O)N(C2CCCCCC2)C1. The summed E-state index contributed by atoms with van der Waals surface area (Å²) < 4.78 is 0. The van der Waals surface area contributed by atoms with E-state index in [-0.39, 0.29) is 17.7 Å².